The van der Waals surface area contributed by atoms with Crippen LogP contribution in [0.1, 0.15) is 20.8 Å². The molecule has 2 heterocycles. The van der Waals surface area contributed by atoms with Gasteiger partial charge < -0.3 is 19.9 Å². The van der Waals surface area contributed by atoms with Gasteiger partial charge in [-0.05, 0) is 20.8 Å². The smallest absolute Gasteiger partial charge is 0.407 e. The van der Waals surface area contributed by atoms with Gasteiger partial charge in [-0.2, -0.15) is 0 Å². The average molecular weight is 242 g/mol. The summed E-state index contributed by atoms with van der Waals surface area (Å²) in [7, 11) is 0. The van der Waals surface area contributed by atoms with Gasteiger partial charge in [-0.15, -0.1) is 0 Å². The number of carbonyl (C=O) groups is 2. The standard InChI is InChI=1S/C11H18N2O4/c1-11(2,3)13(10(16)17)6-7-4-12(9(14)15)5-8(7)13/h7-8H,4-6H2,1-3H3,(H-,14,15,16,17). The van der Waals surface area contributed by atoms with Crippen LogP contribution in [0.15, 0.2) is 0 Å². The number of carbonyl (C=O) groups excluding carboxylic acids is 1. The first kappa shape index (κ1) is 12.2. The lowest BCUT2D eigenvalue weighted by Gasteiger charge is -2.60. The molecule has 2 amide bonds. The van der Waals surface area contributed by atoms with Crippen molar-refractivity contribution in [1.82, 2.24) is 4.90 Å². The summed E-state index contributed by atoms with van der Waals surface area (Å²) in [5.74, 6) is 0.156. The van der Waals surface area contributed by atoms with Crippen LogP contribution in [0.4, 0.5) is 9.59 Å². The van der Waals surface area contributed by atoms with Gasteiger partial charge >= 0.3 is 6.09 Å². The Balaban J connectivity index is 2.26. The minimum atomic E-state index is -1.09. The molecule has 0 aromatic carbocycles. The summed E-state index contributed by atoms with van der Waals surface area (Å²) < 4.78 is -0.124. The second-order valence-electron chi connectivity index (χ2n) is 6.00. The fourth-order valence-corrected chi connectivity index (χ4v) is 3.31. The molecular formula is C11H18N2O4. The summed E-state index contributed by atoms with van der Waals surface area (Å²) in [5.41, 5.74) is -0.464. The third kappa shape index (κ3) is 1.43. The maximum Gasteiger partial charge on any atom is 0.407 e. The SMILES string of the molecule is CC(C)(C)[N+]1(C(=O)[O-])CC2CN(C(=O)O)CC21. The van der Waals surface area contributed by atoms with Crippen LogP contribution in [0, 0.1) is 5.92 Å². The van der Waals surface area contributed by atoms with Crippen molar-refractivity contribution in [2.45, 2.75) is 32.4 Å². The number of carboxylic acid groups (broad SMARTS) is 2. The second kappa shape index (κ2) is 3.35. The van der Waals surface area contributed by atoms with E-state index >= 15 is 0 Å². The van der Waals surface area contributed by atoms with E-state index in [4.69, 9.17) is 5.11 Å². The molecule has 2 rings (SSSR count). The molecule has 3 unspecified atom stereocenters. The summed E-state index contributed by atoms with van der Waals surface area (Å²) >= 11 is 0. The van der Waals surface area contributed by atoms with E-state index in [0.29, 0.717) is 19.6 Å². The van der Waals surface area contributed by atoms with Crippen LogP contribution in [0.5, 0.6) is 0 Å². The van der Waals surface area contributed by atoms with Crippen molar-refractivity contribution < 1.29 is 24.3 Å². The molecule has 0 saturated carbocycles. The van der Waals surface area contributed by atoms with Crippen LogP contribution in [0.2, 0.25) is 0 Å². The largest absolute Gasteiger partial charge is 0.498 e. The minimum Gasteiger partial charge on any atom is -0.498 e. The second-order valence-corrected chi connectivity index (χ2v) is 6.00. The van der Waals surface area contributed by atoms with Gasteiger partial charge in [0.2, 0.25) is 0 Å². The van der Waals surface area contributed by atoms with E-state index in [2.05, 4.69) is 0 Å². The van der Waals surface area contributed by atoms with Crippen LogP contribution in [0.3, 0.4) is 0 Å². The van der Waals surface area contributed by atoms with Crippen molar-refractivity contribution in [3.05, 3.63) is 0 Å². The van der Waals surface area contributed by atoms with Crippen molar-refractivity contribution >= 4 is 12.2 Å². The quantitative estimate of drug-likeness (QED) is 0.603. The predicted molar refractivity (Wildman–Crippen MR) is 57.2 cm³/mol. The van der Waals surface area contributed by atoms with Crippen molar-refractivity contribution in [2.24, 2.45) is 5.92 Å². The van der Waals surface area contributed by atoms with Crippen molar-refractivity contribution in [3.8, 4) is 0 Å². The van der Waals surface area contributed by atoms with E-state index in [1.807, 2.05) is 20.8 Å². The third-order valence-corrected chi connectivity index (χ3v) is 4.29. The first-order valence-electron chi connectivity index (χ1n) is 5.77. The number of rotatable bonds is 0. The van der Waals surface area contributed by atoms with Crippen LogP contribution in [0.25, 0.3) is 0 Å². The molecule has 96 valence electrons. The van der Waals surface area contributed by atoms with Crippen LogP contribution in [-0.2, 0) is 0 Å². The Morgan fingerprint density at radius 2 is 1.94 bits per heavy atom. The Labute approximate surface area is 100 Å². The lowest BCUT2D eigenvalue weighted by atomic mass is 9.81. The number of fused-ring (bicyclic) bond motifs is 1. The normalized spacial score (nSPS) is 36.3. The number of hydrogen-bond donors (Lipinski definition) is 1. The predicted octanol–water partition coefficient (Wildman–Crippen LogP) is -0.0630. The highest BCUT2D eigenvalue weighted by Gasteiger charge is 2.65. The number of hydrogen-bond acceptors (Lipinski definition) is 3. The van der Waals surface area contributed by atoms with Gasteiger partial charge in [0.15, 0.2) is 0 Å². The van der Waals surface area contributed by atoms with Gasteiger partial charge in [0, 0.05) is 6.54 Å². The van der Waals surface area contributed by atoms with Crippen LogP contribution < -0.4 is 5.11 Å². The van der Waals surface area contributed by atoms with Crippen molar-refractivity contribution in [3.63, 3.8) is 0 Å². The van der Waals surface area contributed by atoms with E-state index in [1.54, 1.807) is 0 Å². The molecule has 1 N–H and O–H groups in total. The number of nitrogens with zero attached hydrogens (tertiary/aromatic N) is 2. The highest BCUT2D eigenvalue weighted by atomic mass is 16.4. The Morgan fingerprint density at radius 1 is 1.35 bits per heavy atom. The Hall–Kier alpha value is -1.30. The summed E-state index contributed by atoms with van der Waals surface area (Å²) in [4.78, 5) is 23.7. The molecule has 3 atom stereocenters. The van der Waals surface area contributed by atoms with Gasteiger partial charge in [-0.1, -0.05) is 0 Å². The first-order valence-corrected chi connectivity index (χ1v) is 5.77. The van der Waals surface area contributed by atoms with Gasteiger partial charge in [-0.25, -0.2) is 4.79 Å². The maximum absolute atomic E-state index is 11.5. The molecule has 6 heteroatoms. The molecule has 0 spiro atoms. The number of quaternary nitrogens is 1. The lowest BCUT2D eigenvalue weighted by Crippen LogP contribution is -2.81. The van der Waals surface area contributed by atoms with E-state index < -0.39 is 17.7 Å². The fourth-order valence-electron chi connectivity index (χ4n) is 3.31. The van der Waals surface area contributed by atoms with Crippen LogP contribution in [-0.4, -0.2) is 57.9 Å². The summed E-state index contributed by atoms with van der Waals surface area (Å²) in [6.45, 7) is 6.81. The summed E-state index contributed by atoms with van der Waals surface area (Å²) in [6.07, 6.45) is -2.06. The van der Waals surface area contributed by atoms with Gasteiger partial charge in [-0.3, -0.25) is 4.48 Å². The molecule has 2 fully saturated rings. The molecule has 17 heavy (non-hydrogen) atoms. The van der Waals surface area contributed by atoms with E-state index in [9.17, 15) is 14.7 Å². The molecular weight excluding hydrogens is 224 g/mol. The lowest BCUT2D eigenvalue weighted by molar-refractivity contribution is -0.983. The van der Waals surface area contributed by atoms with Crippen molar-refractivity contribution in [1.29, 1.82) is 0 Å². The fraction of sp³-hybridized carbons (Fsp3) is 0.818. The number of amides is 2. The first-order chi connectivity index (χ1) is 7.70. The topological polar surface area (TPSA) is 80.7 Å². The molecule has 0 bridgehead atoms. The van der Waals surface area contributed by atoms with Gasteiger partial charge in [0.25, 0.3) is 6.09 Å². The highest BCUT2D eigenvalue weighted by Crippen LogP contribution is 2.45. The zero-order valence-corrected chi connectivity index (χ0v) is 10.3. The van der Waals surface area contributed by atoms with Crippen LogP contribution >= 0.6 is 0 Å². The molecule has 2 saturated heterocycles. The monoisotopic (exact) mass is 242 g/mol. The zero-order chi connectivity index (χ0) is 13.0. The average Bonchev–Trinajstić information content (AvgIpc) is 2.42. The van der Waals surface area contributed by atoms with E-state index in [1.165, 1.54) is 4.90 Å². The summed E-state index contributed by atoms with van der Waals surface area (Å²) in [6, 6.07) is -0.156. The Morgan fingerprint density at radius 3 is 2.35 bits per heavy atom. The molecule has 0 aromatic heterocycles. The molecule has 6 nitrogen and oxygen atoms in total. The molecule has 0 aromatic rings. The maximum atomic E-state index is 11.5. The zero-order valence-electron chi connectivity index (χ0n) is 10.3. The third-order valence-electron chi connectivity index (χ3n) is 4.29. The Bertz CT molecular complexity index is 376. The van der Waals surface area contributed by atoms with Gasteiger partial charge in [0.1, 0.15) is 6.04 Å². The molecule has 2 aliphatic heterocycles. The van der Waals surface area contributed by atoms with E-state index in [0.717, 1.165) is 0 Å². The summed E-state index contributed by atoms with van der Waals surface area (Å²) in [5, 5.41) is 20.4. The highest BCUT2D eigenvalue weighted by molar-refractivity contribution is 5.66. The van der Waals surface area contributed by atoms with Gasteiger partial charge in [0.05, 0.1) is 24.5 Å². The number of likely N-dealkylation sites (tertiary alicyclic amines) is 2. The minimum absolute atomic E-state index is 0.124. The molecule has 0 radical (unpaired) electrons. The Kier molecular flexibility index (Phi) is 2.40. The van der Waals surface area contributed by atoms with E-state index in [-0.39, 0.29) is 16.4 Å². The molecule has 0 aliphatic carbocycles. The van der Waals surface area contributed by atoms with Crippen molar-refractivity contribution in [2.75, 3.05) is 19.6 Å². The molecule has 2 aliphatic rings.